The predicted molar refractivity (Wildman–Crippen MR) is 161 cm³/mol. The lowest BCUT2D eigenvalue weighted by atomic mass is 9.91. The summed E-state index contributed by atoms with van der Waals surface area (Å²) >= 11 is 1.44. The Kier molecular flexibility index (Phi) is 9.24. The Bertz CT molecular complexity index is 1550. The first-order valence-corrected chi connectivity index (χ1v) is 14.8. The maximum absolute atomic E-state index is 14.2. The Labute approximate surface area is 249 Å². The van der Waals surface area contributed by atoms with Gasteiger partial charge in [-0.15, -0.1) is 11.3 Å². The largest absolute Gasteiger partial charge is 0.438 e. The summed E-state index contributed by atoms with van der Waals surface area (Å²) in [5.74, 6) is -0.723. The summed E-state index contributed by atoms with van der Waals surface area (Å²) in [6.45, 7) is 2.72. The van der Waals surface area contributed by atoms with E-state index in [1.54, 1.807) is 11.4 Å². The van der Waals surface area contributed by atoms with Gasteiger partial charge < -0.3 is 20.3 Å². The van der Waals surface area contributed by atoms with Crippen molar-refractivity contribution in [2.45, 2.75) is 51.2 Å². The smallest absolute Gasteiger partial charge is 0.270 e. The molecule has 2 amide bonds. The molecule has 1 aliphatic rings. The van der Waals surface area contributed by atoms with Gasteiger partial charge in [-0.3, -0.25) is 9.59 Å². The van der Waals surface area contributed by atoms with Crippen molar-refractivity contribution in [3.63, 3.8) is 0 Å². The molecule has 2 heterocycles. The summed E-state index contributed by atoms with van der Waals surface area (Å²) in [6.07, 6.45) is 3.83. The molecule has 4 aromatic rings. The number of aromatic nitrogens is 2. The number of aryl methyl sites for hydroxylation is 1. The van der Waals surface area contributed by atoms with Gasteiger partial charge in [0.05, 0.1) is 11.2 Å². The van der Waals surface area contributed by atoms with Gasteiger partial charge in [0, 0.05) is 24.0 Å². The summed E-state index contributed by atoms with van der Waals surface area (Å²) in [6, 6.07) is 16.9. The second-order valence-electron chi connectivity index (χ2n) is 10.8. The lowest BCUT2D eigenvalue weighted by molar-refractivity contribution is 0.0888. The number of amides is 2. The van der Waals surface area contributed by atoms with Crippen LogP contribution in [0.4, 0.5) is 4.39 Å². The molecule has 10 heteroatoms. The number of nitrogens with one attached hydrogen (secondary N) is 2. The van der Waals surface area contributed by atoms with E-state index in [1.807, 2.05) is 39.2 Å². The van der Waals surface area contributed by atoms with Gasteiger partial charge in [0.15, 0.2) is 0 Å². The van der Waals surface area contributed by atoms with Crippen LogP contribution < -0.4 is 15.4 Å². The summed E-state index contributed by atoms with van der Waals surface area (Å²) in [5.41, 5.74) is 3.66. The molecule has 1 fully saturated rings. The minimum absolute atomic E-state index is 0.0128. The highest BCUT2D eigenvalue weighted by molar-refractivity contribution is 7.09. The summed E-state index contributed by atoms with van der Waals surface area (Å²) < 4.78 is 20.2. The van der Waals surface area contributed by atoms with Crippen LogP contribution in [-0.4, -0.2) is 52.9 Å². The number of hydrogen-bond donors (Lipinski definition) is 2. The molecule has 0 atom stereocenters. The van der Waals surface area contributed by atoms with E-state index in [9.17, 15) is 14.0 Å². The van der Waals surface area contributed by atoms with Crippen molar-refractivity contribution in [3.8, 4) is 22.8 Å². The molecule has 0 aliphatic heterocycles. The molecular weight excluding hydrogens is 553 g/mol. The Balaban J connectivity index is 1.21. The van der Waals surface area contributed by atoms with Crippen LogP contribution >= 0.6 is 11.3 Å². The molecule has 1 aliphatic carbocycles. The fourth-order valence-electron chi connectivity index (χ4n) is 5.06. The van der Waals surface area contributed by atoms with Crippen LogP contribution in [0.3, 0.4) is 0 Å². The maximum atomic E-state index is 14.2. The number of benzene rings is 2. The van der Waals surface area contributed by atoms with Crippen LogP contribution in [-0.2, 0) is 6.54 Å². The first-order chi connectivity index (χ1) is 20.2. The van der Waals surface area contributed by atoms with E-state index >= 15 is 0 Å². The van der Waals surface area contributed by atoms with Crippen molar-refractivity contribution < 1.29 is 18.7 Å². The molecule has 0 radical (unpaired) electrons. The van der Waals surface area contributed by atoms with E-state index in [-0.39, 0.29) is 29.4 Å². The highest BCUT2D eigenvalue weighted by Gasteiger charge is 2.26. The van der Waals surface area contributed by atoms with Crippen LogP contribution in [0.25, 0.3) is 11.1 Å². The van der Waals surface area contributed by atoms with Gasteiger partial charge in [-0.2, -0.15) is 0 Å². The minimum Gasteiger partial charge on any atom is -0.438 e. The Morgan fingerprint density at radius 3 is 2.31 bits per heavy atom. The van der Waals surface area contributed by atoms with Crippen LogP contribution in [0.5, 0.6) is 11.6 Å². The first kappa shape index (κ1) is 29.3. The number of thiazole rings is 1. The molecule has 42 heavy (non-hydrogen) atoms. The molecule has 2 aromatic carbocycles. The zero-order chi connectivity index (χ0) is 29.6. The SMILES string of the molecule is Cc1nc(C(=O)N[C@H]2CC[C@H](NC(=O)c3cc(F)cnc3Oc3cccc(-c4ccc(CN(C)C)cc4)c3)CC2)cs1. The number of hydrogen-bond acceptors (Lipinski definition) is 7. The molecule has 5 rings (SSSR count). The third kappa shape index (κ3) is 7.57. The number of rotatable bonds is 9. The Morgan fingerprint density at radius 2 is 1.67 bits per heavy atom. The van der Waals surface area contributed by atoms with E-state index in [0.29, 0.717) is 37.1 Å². The average Bonchev–Trinajstić information content (AvgIpc) is 3.41. The van der Waals surface area contributed by atoms with Gasteiger partial charge in [0.1, 0.15) is 22.8 Å². The van der Waals surface area contributed by atoms with Crippen molar-refractivity contribution in [1.29, 1.82) is 0 Å². The summed E-state index contributed by atoms with van der Waals surface area (Å²) in [7, 11) is 4.07. The van der Waals surface area contributed by atoms with E-state index in [0.717, 1.165) is 34.9 Å². The number of ether oxygens (including phenoxy) is 1. The van der Waals surface area contributed by atoms with Gasteiger partial charge in [-0.1, -0.05) is 36.4 Å². The van der Waals surface area contributed by atoms with Crippen LogP contribution in [0, 0.1) is 12.7 Å². The topological polar surface area (TPSA) is 96.5 Å². The number of nitrogens with zero attached hydrogens (tertiary/aromatic N) is 3. The third-order valence-corrected chi connectivity index (χ3v) is 7.92. The zero-order valence-electron chi connectivity index (χ0n) is 23.9. The summed E-state index contributed by atoms with van der Waals surface area (Å²) in [5, 5.41) is 8.64. The van der Waals surface area contributed by atoms with Gasteiger partial charge in [0.25, 0.3) is 11.8 Å². The van der Waals surface area contributed by atoms with E-state index in [2.05, 4.69) is 49.8 Å². The molecule has 2 N–H and O–H groups in total. The quantitative estimate of drug-likeness (QED) is 0.250. The fraction of sp³-hybridized carbons (Fsp3) is 0.312. The van der Waals surface area contributed by atoms with Crippen molar-refractivity contribution in [3.05, 3.63) is 93.8 Å². The van der Waals surface area contributed by atoms with Crippen LogP contribution in [0.15, 0.2) is 66.2 Å². The molecule has 0 unspecified atom stereocenters. The van der Waals surface area contributed by atoms with E-state index < -0.39 is 11.7 Å². The number of pyridine rings is 1. The molecule has 0 bridgehead atoms. The number of carbonyl (C=O) groups is 2. The van der Waals surface area contributed by atoms with E-state index in [1.165, 1.54) is 16.9 Å². The third-order valence-electron chi connectivity index (χ3n) is 7.15. The maximum Gasteiger partial charge on any atom is 0.270 e. The van der Waals surface area contributed by atoms with Gasteiger partial charge >= 0.3 is 0 Å². The van der Waals surface area contributed by atoms with Crippen molar-refractivity contribution in [2.24, 2.45) is 0 Å². The molecular formula is C32H34FN5O3S. The van der Waals surface area contributed by atoms with Gasteiger partial charge in [-0.05, 0) is 81.6 Å². The molecule has 8 nitrogen and oxygen atoms in total. The molecule has 2 aromatic heterocycles. The van der Waals surface area contributed by atoms with Crippen molar-refractivity contribution in [1.82, 2.24) is 25.5 Å². The predicted octanol–water partition coefficient (Wildman–Crippen LogP) is 5.98. The summed E-state index contributed by atoms with van der Waals surface area (Å²) in [4.78, 5) is 36.1. The van der Waals surface area contributed by atoms with Crippen molar-refractivity contribution >= 4 is 23.2 Å². The Hall–Kier alpha value is -4.15. The highest BCUT2D eigenvalue weighted by atomic mass is 32.1. The lowest BCUT2D eigenvalue weighted by Gasteiger charge is -2.29. The number of carbonyl (C=O) groups excluding carboxylic acids is 2. The average molecular weight is 588 g/mol. The second-order valence-corrected chi connectivity index (χ2v) is 11.9. The lowest BCUT2D eigenvalue weighted by Crippen LogP contribution is -2.44. The zero-order valence-corrected chi connectivity index (χ0v) is 24.7. The first-order valence-electron chi connectivity index (χ1n) is 13.9. The standard InChI is InChI=1S/C32H34FN5O3S/c1-20-35-29(19-42-20)31(40)37-26-13-11-25(12-14-26)36-30(39)28-16-24(33)17-34-32(28)41-27-6-4-5-23(15-27)22-9-7-21(8-10-22)18-38(2)3/h4-10,15-17,19,25-26H,11-14,18H2,1-3H3,(H,36,39)(H,37,40)/t25-,26-. The normalized spacial score (nSPS) is 16.7. The van der Waals surface area contributed by atoms with Gasteiger partial charge in [-0.25, -0.2) is 14.4 Å². The highest BCUT2D eigenvalue weighted by Crippen LogP contribution is 2.29. The van der Waals surface area contributed by atoms with Crippen molar-refractivity contribution in [2.75, 3.05) is 14.1 Å². The van der Waals surface area contributed by atoms with Gasteiger partial charge in [0.2, 0.25) is 5.88 Å². The number of halogens is 1. The monoisotopic (exact) mass is 587 g/mol. The second kappa shape index (κ2) is 13.2. The molecule has 0 spiro atoms. The Morgan fingerprint density at radius 1 is 0.976 bits per heavy atom. The van der Waals surface area contributed by atoms with E-state index in [4.69, 9.17) is 4.74 Å². The minimum atomic E-state index is -0.622. The van der Waals surface area contributed by atoms with Crippen LogP contribution in [0.1, 0.15) is 57.1 Å². The molecule has 1 saturated carbocycles. The molecule has 218 valence electrons. The fourth-order valence-corrected chi connectivity index (χ4v) is 5.65. The van der Waals surface area contributed by atoms with Crippen LogP contribution in [0.2, 0.25) is 0 Å². The molecule has 0 saturated heterocycles.